The molecule has 192 valence electrons. The first-order chi connectivity index (χ1) is 17.7. The highest BCUT2D eigenvalue weighted by Gasteiger charge is 2.09. The summed E-state index contributed by atoms with van der Waals surface area (Å²) in [5.41, 5.74) is 6.17. The Morgan fingerprint density at radius 1 is 1.08 bits per heavy atom. The van der Waals surface area contributed by atoms with Crippen molar-refractivity contribution in [2.24, 2.45) is 0 Å². The number of ether oxygens (including phenoxy) is 1. The summed E-state index contributed by atoms with van der Waals surface area (Å²) in [5, 5.41) is 13.1. The van der Waals surface area contributed by atoms with Crippen LogP contribution in [0.1, 0.15) is 11.1 Å². The number of nitrogens with zero attached hydrogens (tertiary/aromatic N) is 2. The van der Waals surface area contributed by atoms with E-state index in [1.54, 1.807) is 23.0 Å². The Morgan fingerprint density at radius 3 is 2.41 bits per heavy atom. The van der Waals surface area contributed by atoms with Crippen molar-refractivity contribution in [3.05, 3.63) is 95.5 Å². The van der Waals surface area contributed by atoms with Gasteiger partial charge in [-0.05, 0) is 89.9 Å². The van der Waals surface area contributed by atoms with Crippen LogP contribution in [0.15, 0.2) is 79.6 Å². The van der Waals surface area contributed by atoms with Crippen LogP contribution in [0.2, 0.25) is 0 Å². The Morgan fingerprint density at radius 2 is 1.78 bits per heavy atom. The minimum Gasteiger partial charge on any atom is -0.473 e. The Hall–Kier alpha value is -4.09. The van der Waals surface area contributed by atoms with Gasteiger partial charge in [-0.3, -0.25) is 14.4 Å². The SMILES string of the molecule is C=C(Cc1cc(OCNc2ccc(-n3cn[nH]c3=S)cc2)ccc1NC)c1ccc(NS(C)(=O)=O)cc1. The van der Waals surface area contributed by atoms with Gasteiger partial charge in [0.25, 0.3) is 0 Å². The molecule has 0 spiro atoms. The van der Waals surface area contributed by atoms with Crippen molar-refractivity contribution < 1.29 is 13.2 Å². The molecule has 0 aliphatic carbocycles. The molecule has 0 saturated heterocycles. The number of H-pyrrole nitrogens is 1. The van der Waals surface area contributed by atoms with Gasteiger partial charge in [0, 0.05) is 29.8 Å². The summed E-state index contributed by atoms with van der Waals surface area (Å²) in [5.74, 6) is 0.725. The van der Waals surface area contributed by atoms with E-state index in [-0.39, 0.29) is 0 Å². The number of allylic oxidation sites excluding steroid dienone is 1. The molecule has 37 heavy (non-hydrogen) atoms. The van der Waals surface area contributed by atoms with Crippen LogP contribution < -0.4 is 20.1 Å². The quantitative estimate of drug-likeness (QED) is 0.157. The van der Waals surface area contributed by atoms with E-state index in [0.717, 1.165) is 45.8 Å². The number of hydrogen-bond acceptors (Lipinski definition) is 7. The molecular weight excluding hydrogens is 508 g/mol. The summed E-state index contributed by atoms with van der Waals surface area (Å²) < 4.78 is 33.6. The van der Waals surface area contributed by atoms with Crippen LogP contribution in [0.3, 0.4) is 0 Å². The molecule has 0 atom stereocenters. The molecule has 9 nitrogen and oxygen atoms in total. The molecule has 0 aliphatic rings. The Bertz CT molecular complexity index is 1540. The first-order valence-corrected chi connectivity index (χ1v) is 13.7. The standard InChI is InChI=1S/C26H28N6O3S2/c1-18(19-4-6-22(7-5-19)31-37(3,33)34)14-20-15-24(12-13-25(20)27-2)35-17-28-21-8-10-23(11-9-21)32-16-29-30-26(32)36/h4-13,15-16,27-28,31H,1,14,17H2,2-3H3,(H,30,36). The van der Waals surface area contributed by atoms with E-state index < -0.39 is 10.0 Å². The van der Waals surface area contributed by atoms with Crippen molar-refractivity contribution >= 4 is 44.9 Å². The average Bonchev–Trinajstić information content (AvgIpc) is 3.30. The normalized spacial score (nSPS) is 11.1. The van der Waals surface area contributed by atoms with Crippen molar-refractivity contribution in [2.45, 2.75) is 6.42 Å². The average molecular weight is 537 g/mol. The molecule has 1 aromatic heterocycles. The fraction of sp³-hybridized carbons (Fsp3) is 0.154. The van der Waals surface area contributed by atoms with Gasteiger partial charge in [0.05, 0.1) is 6.26 Å². The Kier molecular flexibility index (Phi) is 7.95. The summed E-state index contributed by atoms with van der Waals surface area (Å²) >= 11 is 5.21. The third-order valence-electron chi connectivity index (χ3n) is 5.56. The van der Waals surface area contributed by atoms with Crippen LogP contribution in [0.25, 0.3) is 11.3 Å². The monoisotopic (exact) mass is 536 g/mol. The summed E-state index contributed by atoms with van der Waals surface area (Å²) in [6, 6.07) is 20.8. The molecular formula is C26H28N6O3S2. The molecule has 0 unspecified atom stereocenters. The van der Waals surface area contributed by atoms with Crippen LogP contribution in [0, 0.1) is 4.77 Å². The third kappa shape index (κ3) is 6.99. The van der Waals surface area contributed by atoms with Gasteiger partial charge in [-0.15, -0.1) is 0 Å². The van der Waals surface area contributed by atoms with Gasteiger partial charge in [-0.25, -0.2) is 8.42 Å². The highest BCUT2D eigenvalue weighted by molar-refractivity contribution is 7.92. The highest BCUT2D eigenvalue weighted by Crippen LogP contribution is 2.28. The van der Waals surface area contributed by atoms with Gasteiger partial charge >= 0.3 is 0 Å². The fourth-order valence-corrected chi connectivity index (χ4v) is 4.51. The second-order valence-electron chi connectivity index (χ2n) is 8.34. The molecule has 0 radical (unpaired) electrons. The maximum absolute atomic E-state index is 11.4. The van der Waals surface area contributed by atoms with Crippen LogP contribution >= 0.6 is 12.2 Å². The maximum atomic E-state index is 11.4. The van der Waals surface area contributed by atoms with E-state index in [1.165, 1.54) is 0 Å². The minimum absolute atomic E-state index is 0.290. The van der Waals surface area contributed by atoms with Gasteiger partial charge in [0.2, 0.25) is 10.0 Å². The Labute approximate surface area is 221 Å². The molecule has 4 aromatic rings. The van der Waals surface area contributed by atoms with Crippen LogP contribution in [0.4, 0.5) is 17.1 Å². The number of nitrogens with one attached hydrogen (secondary N) is 4. The predicted octanol–water partition coefficient (Wildman–Crippen LogP) is 5.05. The summed E-state index contributed by atoms with van der Waals surface area (Å²) in [6.45, 7) is 4.52. The predicted molar refractivity (Wildman–Crippen MR) is 152 cm³/mol. The fourth-order valence-electron chi connectivity index (χ4n) is 3.74. The van der Waals surface area contributed by atoms with Crippen molar-refractivity contribution in [3.63, 3.8) is 0 Å². The molecule has 0 saturated carbocycles. The summed E-state index contributed by atoms with van der Waals surface area (Å²) in [7, 11) is -1.45. The molecule has 0 aliphatic heterocycles. The topological polar surface area (TPSA) is 113 Å². The highest BCUT2D eigenvalue weighted by atomic mass is 32.2. The number of benzene rings is 3. The van der Waals surface area contributed by atoms with Crippen molar-refractivity contribution in [1.82, 2.24) is 14.8 Å². The lowest BCUT2D eigenvalue weighted by Gasteiger charge is -2.15. The van der Waals surface area contributed by atoms with Gasteiger partial charge in [-0.1, -0.05) is 18.7 Å². The van der Waals surface area contributed by atoms with Crippen molar-refractivity contribution in [2.75, 3.05) is 35.4 Å². The first kappa shape index (κ1) is 26.0. The zero-order valence-corrected chi connectivity index (χ0v) is 22.1. The third-order valence-corrected chi connectivity index (χ3v) is 6.45. The minimum atomic E-state index is -3.32. The molecule has 11 heteroatoms. The number of aromatic nitrogens is 3. The lowest BCUT2D eigenvalue weighted by Crippen LogP contribution is -2.09. The van der Waals surface area contributed by atoms with Crippen LogP contribution in [-0.4, -0.2) is 43.2 Å². The molecule has 4 rings (SSSR count). The summed E-state index contributed by atoms with van der Waals surface area (Å²) in [6.07, 6.45) is 3.36. The lowest BCUT2D eigenvalue weighted by molar-refractivity contribution is 0.346. The molecule has 0 amide bonds. The lowest BCUT2D eigenvalue weighted by atomic mass is 9.98. The van der Waals surface area contributed by atoms with Gasteiger partial charge in [-0.2, -0.15) is 5.10 Å². The van der Waals surface area contributed by atoms with E-state index in [1.807, 2.05) is 61.6 Å². The van der Waals surface area contributed by atoms with Crippen LogP contribution in [-0.2, 0) is 16.4 Å². The molecule has 1 heterocycles. The van der Waals surface area contributed by atoms with Gasteiger partial charge in [0.15, 0.2) is 11.5 Å². The summed E-state index contributed by atoms with van der Waals surface area (Å²) in [4.78, 5) is 0. The van der Waals surface area contributed by atoms with E-state index in [9.17, 15) is 8.42 Å². The van der Waals surface area contributed by atoms with E-state index in [0.29, 0.717) is 23.6 Å². The smallest absolute Gasteiger partial charge is 0.229 e. The number of hydrogen-bond donors (Lipinski definition) is 4. The molecule has 3 aromatic carbocycles. The van der Waals surface area contributed by atoms with E-state index in [2.05, 4.69) is 32.1 Å². The second kappa shape index (κ2) is 11.3. The van der Waals surface area contributed by atoms with E-state index in [4.69, 9.17) is 17.0 Å². The zero-order chi connectivity index (χ0) is 26.4. The largest absolute Gasteiger partial charge is 0.473 e. The van der Waals surface area contributed by atoms with E-state index >= 15 is 0 Å². The zero-order valence-electron chi connectivity index (χ0n) is 20.5. The van der Waals surface area contributed by atoms with Gasteiger partial charge < -0.3 is 15.4 Å². The second-order valence-corrected chi connectivity index (χ2v) is 10.5. The molecule has 0 fully saturated rings. The number of anilines is 3. The maximum Gasteiger partial charge on any atom is 0.229 e. The van der Waals surface area contributed by atoms with Crippen molar-refractivity contribution in [1.29, 1.82) is 0 Å². The Balaban J connectivity index is 1.37. The van der Waals surface area contributed by atoms with Crippen LogP contribution in [0.5, 0.6) is 5.75 Å². The molecule has 0 bridgehead atoms. The first-order valence-electron chi connectivity index (χ1n) is 11.4. The number of sulfonamides is 1. The van der Waals surface area contributed by atoms with Crippen molar-refractivity contribution in [3.8, 4) is 11.4 Å². The number of aromatic amines is 1. The van der Waals surface area contributed by atoms with Gasteiger partial charge in [0.1, 0.15) is 12.1 Å². The number of rotatable bonds is 11. The molecule has 4 N–H and O–H groups in total.